The first-order valence-corrected chi connectivity index (χ1v) is 12.6. The number of anilines is 2. The molecule has 0 radical (unpaired) electrons. The first-order valence-electron chi connectivity index (χ1n) is 12.6. The third-order valence-corrected chi connectivity index (χ3v) is 8.11. The smallest absolute Gasteiger partial charge is 0.319 e. The van der Waals surface area contributed by atoms with Crippen molar-refractivity contribution >= 4 is 46.4 Å². The third kappa shape index (κ3) is 4.07. The minimum Gasteiger partial charge on any atom is -0.505 e. The van der Waals surface area contributed by atoms with Crippen LogP contribution >= 0.6 is 0 Å². The summed E-state index contributed by atoms with van der Waals surface area (Å²) >= 11 is 0. The SMILES string of the molecule is CCNC(=O)Nc1cc(N(C)C)c2c(c1O)C(=O)C1C(=O)[C@]3(O)C(=O)C(C(N)=O)C(=O)[C@@H](N(C)C)[C@@H]3C[C@@H]1C2. The molecule has 2 saturated carbocycles. The standard InChI is InChI=1S/C26H33N5O8/c1-6-28-25(38)29-13-9-14(30(2)3)11-7-10-8-12-18(31(4)5)21(34)17(24(27)37)23(36)26(12,39)22(35)15(10)20(33)16(11)19(13)32/h9-10,12,15,17-18,32,39H,6-8H2,1-5H3,(H2,27,37)(H2,28,29,38)/t10-,12-,15?,17?,18-,26-/m0/s1. The fourth-order valence-corrected chi connectivity index (χ4v) is 6.47. The molecule has 13 heteroatoms. The van der Waals surface area contributed by atoms with Gasteiger partial charge in [0.25, 0.3) is 0 Å². The van der Waals surface area contributed by atoms with E-state index < -0.39 is 76.1 Å². The highest BCUT2D eigenvalue weighted by Crippen LogP contribution is 2.52. The molecule has 0 aliphatic heterocycles. The van der Waals surface area contributed by atoms with E-state index >= 15 is 0 Å². The maximum atomic E-state index is 13.9. The van der Waals surface area contributed by atoms with Gasteiger partial charge in [0.15, 0.2) is 34.7 Å². The number of phenolic OH excluding ortho intramolecular Hbond substituents is 1. The van der Waals surface area contributed by atoms with Gasteiger partial charge in [-0.2, -0.15) is 0 Å². The van der Waals surface area contributed by atoms with E-state index in [0.717, 1.165) is 0 Å². The highest BCUT2D eigenvalue weighted by atomic mass is 16.3. The number of urea groups is 1. The van der Waals surface area contributed by atoms with Crippen molar-refractivity contribution in [2.24, 2.45) is 29.4 Å². The number of aliphatic hydroxyl groups is 1. The van der Waals surface area contributed by atoms with Gasteiger partial charge in [-0.1, -0.05) is 0 Å². The van der Waals surface area contributed by atoms with Gasteiger partial charge in [0, 0.05) is 32.2 Å². The Hall–Kier alpha value is -3.84. The summed E-state index contributed by atoms with van der Waals surface area (Å²) in [5.74, 6) is -11.4. The molecule has 0 aromatic heterocycles. The molecular formula is C26H33N5O8. The molecule has 210 valence electrons. The lowest BCUT2D eigenvalue weighted by molar-refractivity contribution is -0.181. The van der Waals surface area contributed by atoms with E-state index in [1.165, 1.54) is 25.1 Å². The maximum Gasteiger partial charge on any atom is 0.319 e. The number of carbonyl (C=O) groups is 6. The molecule has 1 aromatic rings. The lowest BCUT2D eigenvalue weighted by Crippen LogP contribution is -2.74. The van der Waals surface area contributed by atoms with Crippen molar-refractivity contribution in [2.45, 2.75) is 31.4 Å². The Morgan fingerprint density at radius 3 is 2.31 bits per heavy atom. The van der Waals surface area contributed by atoms with Crippen LogP contribution in [0.4, 0.5) is 16.2 Å². The second-order valence-corrected chi connectivity index (χ2v) is 10.8. The molecule has 1 aromatic carbocycles. The highest BCUT2D eigenvalue weighted by Gasteiger charge is 2.69. The number of likely N-dealkylation sites (N-methyl/N-ethyl adjacent to an activating group) is 1. The number of hydrogen-bond acceptors (Lipinski definition) is 10. The van der Waals surface area contributed by atoms with Crippen molar-refractivity contribution in [3.8, 4) is 5.75 Å². The van der Waals surface area contributed by atoms with Crippen molar-refractivity contribution in [3.05, 3.63) is 17.2 Å². The van der Waals surface area contributed by atoms with E-state index in [1.807, 2.05) is 0 Å². The number of rotatable bonds is 5. The Balaban J connectivity index is 1.87. The Morgan fingerprint density at radius 1 is 1.13 bits per heavy atom. The van der Waals surface area contributed by atoms with Gasteiger partial charge in [0.1, 0.15) is 5.75 Å². The van der Waals surface area contributed by atoms with Gasteiger partial charge < -0.3 is 31.5 Å². The van der Waals surface area contributed by atoms with Crippen LogP contribution in [0, 0.1) is 23.7 Å². The van der Waals surface area contributed by atoms with Gasteiger partial charge in [0.05, 0.1) is 23.2 Å². The summed E-state index contributed by atoms with van der Waals surface area (Å²) in [4.78, 5) is 81.8. The number of benzene rings is 1. The molecule has 6 N–H and O–H groups in total. The van der Waals surface area contributed by atoms with E-state index in [0.29, 0.717) is 17.8 Å². The normalized spacial score (nSPS) is 29.9. The van der Waals surface area contributed by atoms with Crippen LogP contribution in [0.25, 0.3) is 0 Å². The van der Waals surface area contributed by atoms with Crippen LogP contribution in [-0.4, -0.2) is 96.6 Å². The van der Waals surface area contributed by atoms with Crippen LogP contribution in [-0.2, 0) is 25.6 Å². The van der Waals surface area contributed by atoms with Crippen LogP contribution in [0.15, 0.2) is 6.07 Å². The molecule has 3 amide bonds. The largest absolute Gasteiger partial charge is 0.505 e. The number of aromatic hydroxyl groups is 1. The first kappa shape index (κ1) is 28.2. The lowest BCUT2D eigenvalue weighted by Gasteiger charge is -2.52. The molecule has 0 bridgehead atoms. The van der Waals surface area contributed by atoms with Crippen LogP contribution in [0.3, 0.4) is 0 Å². The minimum atomic E-state index is -2.80. The Labute approximate surface area is 224 Å². The zero-order valence-corrected chi connectivity index (χ0v) is 22.4. The van der Waals surface area contributed by atoms with Crippen LogP contribution in [0.1, 0.15) is 29.3 Å². The number of ketones is 4. The van der Waals surface area contributed by atoms with Crippen molar-refractivity contribution in [2.75, 3.05) is 45.0 Å². The van der Waals surface area contributed by atoms with Crippen molar-refractivity contribution in [3.63, 3.8) is 0 Å². The number of fused-ring (bicyclic) bond motifs is 3. The molecule has 3 aliphatic rings. The number of nitrogens with two attached hydrogens (primary N) is 1. The average Bonchev–Trinajstić information content (AvgIpc) is 2.82. The van der Waals surface area contributed by atoms with Crippen molar-refractivity contribution < 1.29 is 39.0 Å². The Kier molecular flexibility index (Phi) is 7.02. The quantitative estimate of drug-likeness (QED) is 0.228. The molecular weight excluding hydrogens is 510 g/mol. The van der Waals surface area contributed by atoms with Gasteiger partial charge in [-0.3, -0.25) is 28.9 Å². The monoisotopic (exact) mass is 543 g/mol. The molecule has 0 saturated heterocycles. The van der Waals surface area contributed by atoms with Gasteiger partial charge in [-0.25, -0.2) is 4.79 Å². The topological polar surface area (TPSA) is 199 Å². The van der Waals surface area contributed by atoms with Gasteiger partial charge >= 0.3 is 6.03 Å². The number of nitrogens with one attached hydrogen (secondary N) is 2. The lowest BCUT2D eigenvalue weighted by atomic mass is 9.52. The highest BCUT2D eigenvalue weighted by molar-refractivity contribution is 6.32. The number of carbonyl (C=O) groups excluding carboxylic acids is 6. The molecule has 4 rings (SSSR count). The van der Waals surface area contributed by atoms with Gasteiger partial charge in [0.2, 0.25) is 5.91 Å². The fraction of sp³-hybridized carbons (Fsp3) is 0.538. The summed E-state index contributed by atoms with van der Waals surface area (Å²) in [7, 11) is 6.49. The van der Waals surface area contributed by atoms with Crippen LogP contribution in [0.2, 0.25) is 0 Å². The molecule has 13 nitrogen and oxygen atoms in total. The summed E-state index contributed by atoms with van der Waals surface area (Å²) in [6.45, 7) is 2.02. The Morgan fingerprint density at radius 2 is 1.77 bits per heavy atom. The summed E-state index contributed by atoms with van der Waals surface area (Å²) in [6.07, 6.45) is 0.0742. The van der Waals surface area contributed by atoms with E-state index in [-0.39, 0.29) is 24.1 Å². The average molecular weight is 544 g/mol. The second-order valence-electron chi connectivity index (χ2n) is 10.8. The molecule has 6 atom stereocenters. The number of primary amides is 1. The molecule has 0 spiro atoms. The summed E-state index contributed by atoms with van der Waals surface area (Å²) in [5, 5.41) is 27.8. The van der Waals surface area contributed by atoms with Gasteiger partial charge in [-0.05, 0) is 51.4 Å². The minimum absolute atomic E-state index is 0.0452. The number of phenols is 1. The molecule has 39 heavy (non-hydrogen) atoms. The zero-order valence-electron chi connectivity index (χ0n) is 22.4. The summed E-state index contributed by atoms with van der Waals surface area (Å²) < 4.78 is 0. The second kappa shape index (κ2) is 9.72. The van der Waals surface area contributed by atoms with E-state index in [2.05, 4.69) is 10.6 Å². The van der Waals surface area contributed by atoms with E-state index in [1.54, 1.807) is 25.9 Å². The number of nitrogens with zero attached hydrogens (tertiary/aromatic N) is 2. The molecule has 3 aliphatic carbocycles. The molecule has 2 fully saturated rings. The first-order chi connectivity index (χ1) is 18.2. The molecule has 2 unspecified atom stereocenters. The Bertz CT molecular complexity index is 1310. The van der Waals surface area contributed by atoms with Crippen LogP contribution in [0.5, 0.6) is 5.75 Å². The fourth-order valence-electron chi connectivity index (χ4n) is 6.47. The number of Topliss-reactive ketones (excluding diaryl/α,β-unsaturated/α-hetero) is 4. The van der Waals surface area contributed by atoms with Crippen molar-refractivity contribution in [1.29, 1.82) is 0 Å². The predicted molar refractivity (Wildman–Crippen MR) is 138 cm³/mol. The van der Waals surface area contributed by atoms with Gasteiger partial charge in [-0.15, -0.1) is 0 Å². The predicted octanol–water partition coefficient (Wildman–Crippen LogP) is -0.926. The van der Waals surface area contributed by atoms with Crippen molar-refractivity contribution in [1.82, 2.24) is 10.2 Å². The molecule has 0 heterocycles. The number of hydrogen-bond donors (Lipinski definition) is 5. The number of amides is 3. The van der Waals surface area contributed by atoms with E-state index in [4.69, 9.17) is 5.73 Å². The summed E-state index contributed by atoms with van der Waals surface area (Å²) in [5.41, 5.74) is 3.24. The third-order valence-electron chi connectivity index (χ3n) is 8.11. The van der Waals surface area contributed by atoms with E-state index in [9.17, 15) is 39.0 Å². The van der Waals surface area contributed by atoms with Crippen LogP contribution < -0.4 is 21.3 Å². The zero-order chi connectivity index (χ0) is 29.1. The summed E-state index contributed by atoms with van der Waals surface area (Å²) in [6, 6.07) is -0.266. The maximum absolute atomic E-state index is 13.9.